The van der Waals surface area contributed by atoms with Gasteiger partial charge in [0.05, 0.1) is 13.0 Å². The lowest BCUT2D eigenvalue weighted by atomic mass is 9.97. The Hall–Kier alpha value is -1.91. The van der Waals surface area contributed by atoms with Gasteiger partial charge in [-0.2, -0.15) is 0 Å². The third kappa shape index (κ3) is 5.82. The molecule has 0 saturated carbocycles. The highest BCUT2D eigenvalue weighted by Crippen LogP contribution is 2.18. The molecule has 5 heteroatoms. The lowest BCUT2D eigenvalue weighted by Gasteiger charge is -2.12. The van der Waals surface area contributed by atoms with E-state index in [-0.39, 0.29) is 36.6 Å². The molecule has 20 heavy (non-hydrogen) atoms. The molecule has 0 bridgehead atoms. The first-order valence-electron chi connectivity index (χ1n) is 6.70. The Morgan fingerprint density at radius 1 is 1.30 bits per heavy atom. The summed E-state index contributed by atoms with van der Waals surface area (Å²) in [6.07, 6.45) is 0.471. The number of amides is 1. The first kappa shape index (κ1) is 16.1. The van der Waals surface area contributed by atoms with E-state index in [9.17, 15) is 14.0 Å². The lowest BCUT2D eigenvalue weighted by molar-refractivity contribution is -0.143. The van der Waals surface area contributed by atoms with Crippen LogP contribution in [0.3, 0.4) is 0 Å². The van der Waals surface area contributed by atoms with Crippen molar-refractivity contribution in [3.8, 4) is 0 Å². The third-order valence-electron chi connectivity index (χ3n) is 2.89. The maximum atomic E-state index is 12.8. The highest BCUT2D eigenvalue weighted by Gasteiger charge is 2.11. The van der Waals surface area contributed by atoms with Crippen molar-refractivity contribution >= 4 is 11.9 Å². The summed E-state index contributed by atoms with van der Waals surface area (Å²) in [6, 6.07) is 6.10. The second-order valence-corrected chi connectivity index (χ2v) is 4.56. The van der Waals surface area contributed by atoms with Crippen LogP contribution in [0, 0.1) is 5.82 Å². The fraction of sp³-hybridized carbons (Fsp3) is 0.467. The van der Waals surface area contributed by atoms with Gasteiger partial charge in [0.1, 0.15) is 5.82 Å². The SMILES string of the molecule is CCOC(=O)CCNC(=O)CC(C)c1ccc(F)cc1. The van der Waals surface area contributed by atoms with E-state index in [4.69, 9.17) is 4.74 Å². The fourth-order valence-electron chi connectivity index (χ4n) is 1.80. The first-order chi connectivity index (χ1) is 9.52. The molecule has 1 aromatic rings. The zero-order valence-electron chi connectivity index (χ0n) is 11.8. The van der Waals surface area contributed by atoms with E-state index < -0.39 is 0 Å². The number of nitrogens with one attached hydrogen (secondary N) is 1. The molecular weight excluding hydrogens is 261 g/mol. The van der Waals surface area contributed by atoms with Crippen LogP contribution in [-0.4, -0.2) is 25.0 Å². The second-order valence-electron chi connectivity index (χ2n) is 4.56. The Balaban J connectivity index is 2.31. The molecule has 0 spiro atoms. The van der Waals surface area contributed by atoms with Gasteiger partial charge < -0.3 is 10.1 Å². The number of benzene rings is 1. The van der Waals surface area contributed by atoms with E-state index in [0.29, 0.717) is 13.0 Å². The van der Waals surface area contributed by atoms with Gasteiger partial charge in [-0.05, 0) is 30.5 Å². The molecule has 0 heterocycles. The van der Waals surface area contributed by atoms with Gasteiger partial charge in [-0.25, -0.2) is 4.39 Å². The maximum Gasteiger partial charge on any atom is 0.307 e. The molecule has 0 aliphatic rings. The molecule has 1 unspecified atom stereocenters. The summed E-state index contributed by atoms with van der Waals surface area (Å²) < 4.78 is 17.6. The van der Waals surface area contributed by atoms with Crippen LogP contribution in [-0.2, 0) is 14.3 Å². The van der Waals surface area contributed by atoms with Crippen LogP contribution in [0.2, 0.25) is 0 Å². The van der Waals surface area contributed by atoms with Gasteiger partial charge in [0.15, 0.2) is 0 Å². The predicted molar refractivity (Wildman–Crippen MR) is 73.7 cm³/mol. The lowest BCUT2D eigenvalue weighted by Crippen LogP contribution is -2.27. The van der Waals surface area contributed by atoms with Crippen LogP contribution in [0.5, 0.6) is 0 Å². The molecule has 0 radical (unpaired) electrons. The van der Waals surface area contributed by atoms with E-state index in [2.05, 4.69) is 5.32 Å². The fourth-order valence-corrected chi connectivity index (χ4v) is 1.80. The quantitative estimate of drug-likeness (QED) is 0.781. The molecule has 0 aromatic heterocycles. The van der Waals surface area contributed by atoms with Gasteiger partial charge >= 0.3 is 5.97 Å². The van der Waals surface area contributed by atoms with Crippen molar-refractivity contribution in [2.45, 2.75) is 32.6 Å². The van der Waals surface area contributed by atoms with Crippen LogP contribution in [0.15, 0.2) is 24.3 Å². The monoisotopic (exact) mass is 281 g/mol. The van der Waals surface area contributed by atoms with Crippen molar-refractivity contribution in [1.29, 1.82) is 0 Å². The number of hydrogen-bond donors (Lipinski definition) is 1. The van der Waals surface area contributed by atoms with Crippen molar-refractivity contribution in [3.05, 3.63) is 35.6 Å². The summed E-state index contributed by atoms with van der Waals surface area (Å²) in [4.78, 5) is 22.8. The number of carbonyl (C=O) groups excluding carboxylic acids is 2. The average molecular weight is 281 g/mol. The molecule has 0 aliphatic heterocycles. The molecule has 0 fully saturated rings. The molecular formula is C15H20FNO3. The molecule has 1 N–H and O–H groups in total. The smallest absolute Gasteiger partial charge is 0.307 e. The number of hydrogen-bond acceptors (Lipinski definition) is 3. The Morgan fingerprint density at radius 3 is 2.55 bits per heavy atom. The molecule has 0 aliphatic carbocycles. The normalized spacial score (nSPS) is 11.8. The summed E-state index contributed by atoms with van der Waals surface area (Å²) in [5, 5.41) is 2.67. The first-order valence-corrected chi connectivity index (χ1v) is 6.70. The molecule has 1 atom stereocenters. The number of ether oxygens (including phenoxy) is 1. The number of esters is 1. The Kier molecular flexibility index (Phi) is 6.70. The average Bonchev–Trinajstić information content (AvgIpc) is 2.39. The third-order valence-corrected chi connectivity index (χ3v) is 2.89. The molecule has 1 rings (SSSR count). The summed E-state index contributed by atoms with van der Waals surface area (Å²) in [6.45, 7) is 4.25. The summed E-state index contributed by atoms with van der Waals surface area (Å²) in [7, 11) is 0. The van der Waals surface area contributed by atoms with Gasteiger partial charge in [-0.3, -0.25) is 9.59 Å². The molecule has 1 aromatic carbocycles. The molecule has 110 valence electrons. The van der Waals surface area contributed by atoms with Gasteiger partial charge in [-0.1, -0.05) is 19.1 Å². The minimum absolute atomic E-state index is 0.00167. The number of carbonyl (C=O) groups is 2. The van der Waals surface area contributed by atoms with Crippen LogP contribution in [0.4, 0.5) is 4.39 Å². The molecule has 0 saturated heterocycles. The van der Waals surface area contributed by atoms with Crippen LogP contribution in [0.25, 0.3) is 0 Å². The highest BCUT2D eigenvalue weighted by atomic mass is 19.1. The van der Waals surface area contributed by atoms with Gasteiger partial charge in [0, 0.05) is 13.0 Å². The van der Waals surface area contributed by atoms with E-state index in [1.807, 2.05) is 6.92 Å². The topological polar surface area (TPSA) is 55.4 Å². The highest BCUT2D eigenvalue weighted by molar-refractivity contribution is 5.77. The number of rotatable bonds is 7. The van der Waals surface area contributed by atoms with E-state index >= 15 is 0 Å². The Morgan fingerprint density at radius 2 is 1.95 bits per heavy atom. The van der Waals surface area contributed by atoms with Gasteiger partial charge in [0.2, 0.25) is 5.91 Å². The summed E-state index contributed by atoms with van der Waals surface area (Å²) >= 11 is 0. The minimum Gasteiger partial charge on any atom is -0.466 e. The van der Waals surface area contributed by atoms with Crippen molar-refractivity contribution in [1.82, 2.24) is 5.32 Å². The largest absolute Gasteiger partial charge is 0.466 e. The van der Waals surface area contributed by atoms with E-state index in [0.717, 1.165) is 5.56 Å². The van der Waals surface area contributed by atoms with Crippen molar-refractivity contribution in [2.24, 2.45) is 0 Å². The van der Waals surface area contributed by atoms with E-state index in [1.165, 1.54) is 12.1 Å². The van der Waals surface area contributed by atoms with E-state index in [1.54, 1.807) is 19.1 Å². The summed E-state index contributed by atoms with van der Waals surface area (Å²) in [5.41, 5.74) is 0.909. The van der Waals surface area contributed by atoms with Gasteiger partial charge in [0.25, 0.3) is 0 Å². The Labute approximate surface area is 118 Å². The van der Waals surface area contributed by atoms with Crippen LogP contribution >= 0.6 is 0 Å². The predicted octanol–water partition coefficient (Wildman–Crippen LogP) is 2.39. The van der Waals surface area contributed by atoms with Crippen molar-refractivity contribution < 1.29 is 18.7 Å². The zero-order chi connectivity index (χ0) is 15.0. The molecule has 4 nitrogen and oxygen atoms in total. The van der Waals surface area contributed by atoms with Crippen LogP contribution < -0.4 is 5.32 Å². The summed E-state index contributed by atoms with van der Waals surface area (Å²) in [5.74, 6) is -0.747. The minimum atomic E-state index is -0.320. The standard InChI is InChI=1S/C15H20FNO3/c1-3-20-15(19)8-9-17-14(18)10-11(2)12-4-6-13(16)7-5-12/h4-7,11H,3,8-10H2,1-2H3,(H,17,18). The Bertz CT molecular complexity index is 445. The number of halogens is 1. The van der Waals surface area contributed by atoms with Gasteiger partial charge in [-0.15, -0.1) is 0 Å². The zero-order valence-corrected chi connectivity index (χ0v) is 11.8. The van der Waals surface area contributed by atoms with Crippen molar-refractivity contribution in [2.75, 3.05) is 13.2 Å². The second kappa shape index (κ2) is 8.30. The maximum absolute atomic E-state index is 12.8. The van der Waals surface area contributed by atoms with Crippen LogP contribution in [0.1, 0.15) is 38.2 Å². The molecule has 1 amide bonds. The van der Waals surface area contributed by atoms with Crippen molar-refractivity contribution in [3.63, 3.8) is 0 Å².